The standard InChI is InChI=1S/C4H5ClN4/c5-4-7-1-3(9-6)2-8-4/h1-2,9H,6H2. The Kier molecular flexibility index (Phi) is 1.81. The van der Waals surface area contributed by atoms with Crippen molar-refractivity contribution in [2.45, 2.75) is 0 Å². The fraction of sp³-hybridized carbons (Fsp3) is 0. The van der Waals surface area contributed by atoms with Crippen molar-refractivity contribution in [2.24, 2.45) is 5.84 Å². The molecule has 0 atom stereocenters. The van der Waals surface area contributed by atoms with Gasteiger partial charge in [0.2, 0.25) is 5.28 Å². The summed E-state index contributed by atoms with van der Waals surface area (Å²) in [6.07, 6.45) is 2.99. The van der Waals surface area contributed by atoms with E-state index in [4.69, 9.17) is 17.4 Å². The molecule has 5 heteroatoms. The van der Waals surface area contributed by atoms with E-state index < -0.39 is 0 Å². The zero-order chi connectivity index (χ0) is 6.69. The van der Waals surface area contributed by atoms with Crippen LogP contribution in [-0.4, -0.2) is 9.97 Å². The van der Waals surface area contributed by atoms with Crippen molar-refractivity contribution in [3.05, 3.63) is 17.7 Å². The van der Waals surface area contributed by atoms with Gasteiger partial charge >= 0.3 is 0 Å². The van der Waals surface area contributed by atoms with Gasteiger partial charge in [-0.2, -0.15) is 0 Å². The van der Waals surface area contributed by atoms with Gasteiger partial charge in [-0.25, -0.2) is 9.97 Å². The monoisotopic (exact) mass is 144 g/mol. The fourth-order valence-electron chi connectivity index (χ4n) is 0.387. The van der Waals surface area contributed by atoms with Crippen LogP contribution in [0.2, 0.25) is 5.28 Å². The van der Waals surface area contributed by atoms with Crippen molar-refractivity contribution < 1.29 is 0 Å². The molecule has 0 amide bonds. The minimum absolute atomic E-state index is 0.217. The molecule has 0 spiro atoms. The molecule has 0 bridgehead atoms. The second-order valence-electron chi connectivity index (χ2n) is 1.39. The third-order valence-electron chi connectivity index (χ3n) is 0.787. The Morgan fingerprint density at radius 2 is 2.00 bits per heavy atom. The summed E-state index contributed by atoms with van der Waals surface area (Å²) in [5, 5.41) is 0.217. The molecular formula is C4H5ClN4. The van der Waals surface area contributed by atoms with Crippen molar-refractivity contribution in [3.63, 3.8) is 0 Å². The van der Waals surface area contributed by atoms with E-state index in [9.17, 15) is 0 Å². The van der Waals surface area contributed by atoms with Crippen LogP contribution in [0.3, 0.4) is 0 Å². The number of aromatic nitrogens is 2. The number of hydrazine groups is 1. The molecule has 0 aliphatic heterocycles. The predicted octanol–water partition coefficient (Wildman–Crippen LogP) is 0.416. The smallest absolute Gasteiger partial charge is 0.222 e. The van der Waals surface area contributed by atoms with Crippen LogP contribution in [0.4, 0.5) is 5.69 Å². The summed E-state index contributed by atoms with van der Waals surface area (Å²) in [5.41, 5.74) is 3.01. The van der Waals surface area contributed by atoms with Crippen LogP contribution in [0.1, 0.15) is 0 Å². The molecule has 9 heavy (non-hydrogen) atoms. The molecule has 3 N–H and O–H groups in total. The lowest BCUT2D eigenvalue weighted by atomic mass is 10.6. The van der Waals surface area contributed by atoms with Gasteiger partial charge in [-0.05, 0) is 11.6 Å². The van der Waals surface area contributed by atoms with Crippen molar-refractivity contribution >= 4 is 17.3 Å². The van der Waals surface area contributed by atoms with E-state index in [2.05, 4.69) is 15.4 Å². The molecule has 4 nitrogen and oxygen atoms in total. The van der Waals surface area contributed by atoms with Crippen LogP contribution >= 0.6 is 11.6 Å². The number of nitrogens with zero attached hydrogens (tertiary/aromatic N) is 2. The van der Waals surface area contributed by atoms with E-state index in [1.54, 1.807) is 0 Å². The molecule has 0 saturated heterocycles. The number of nitrogens with two attached hydrogens (primary N) is 1. The number of hydrogen-bond acceptors (Lipinski definition) is 4. The Labute approximate surface area is 57.0 Å². The van der Waals surface area contributed by atoms with E-state index in [0.29, 0.717) is 5.69 Å². The van der Waals surface area contributed by atoms with Crippen LogP contribution in [0.15, 0.2) is 12.4 Å². The van der Waals surface area contributed by atoms with Crippen LogP contribution < -0.4 is 11.3 Å². The Bertz CT molecular complexity index is 184. The van der Waals surface area contributed by atoms with Crippen LogP contribution in [0.5, 0.6) is 0 Å². The van der Waals surface area contributed by atoms with E-state index >= 15 is 0 Å². The molecule has 0 aromatic carbocycles. The summed E-state index contributed by atoms with van der Waals surface area (Å²) in [5.74, 6) is 5.03. The van der Waals surface area contributed by atoms with Gasteiger partial charge in [0.1, 0.15) is 0 Å². The van der Waals surface area contributed by atoms with Crippen molar-refractivity contribution in [3.8, 4) is 0 Å². The Hall–Kier alpha value is -0.870. The molecule has 1 heterocycles. The second kappa shape index (κ2) is 2.61. The molecule has 0 aliphatic carbocycles. The topological polar surface area (TPSA) is 63.8 Å². The van der Waals surface area contributed by atoms with Gasteiger partial charge in [-0.1, -0.05) is 0 Å². The predicted molar refractivity (Wildman–Crippen MR) is 34.9 cm³/mol. The molecule has 1 aromatic heterocycles. The lowest BCUT2D eigenvalue weighted by Crippen LogP contribution is -2.06. The zero-order valence-corrected chi connectivity index (χ0v) is 5.26. The van der Waals surface area contributed by atoms with Gasteiger partial charge in [0.15, 0.2) is 0 Å². The third-order valence-corrected chi connectivity index (χ3v) is 0.982. The van der Waals surface area contributed by atoms with E-state index in [1.165, 1.54) is 12.4 Å². The Morgan fingerprint density at radius 1 is 1.44 bits per heavy atom. The second-order valence-corrected chi connectivity index (χ2v) is 1.72. The summed E-state index contributed by atoms with van der Waals surface area (Å²) < 4.78 is 0. The molecular weight excluding hydrogens is 140 g/mol. The first kappa shape index (κ1) is 6.25. The number of hydrogen-bond donors (Lipinski definition) is 2. The van der Waals surface area contributed by atoms with Gasteiger partial charge in [0.05, 0.1) is 18.1 Å². The maximum absolute atomic E-state index is 5.38. The molecule has 0 radical (unpaired) electrons. The van der Waals surface area contributed by atoms with Gasteiger partial charge in [-0.3, -0.25) is 5.84 Å². The summed E-state index contributed by atoms with van der Waals surface area (Å²) in [6.45, 7) is 0. The highest BCUT2D eigenvalue weighted by atomic mass is 35.5. The van der Waals surface area contributed by atoms with Crippen LogP contribution in [-0.2, 0) is 0 Å². The highest BCUT2D eigenvalue weighted by Crippen LogP contribution is 2.02. The molecule has 1 rings (SSSR count). The number of nitrogen functional groups attached to an aromatic ring is 1. The Balaban J connectivity index is 2.88. The normalized spacial score (nSPS) is 9.11. The minimum atomic E-state index is 0.217. The van der Waals surface area contributed by atoms with E-state index in [0.717, 1.165) is 0 Å². The maximum Gasteiger partial charge on any atom is 0.222 e. The van der Waals surface area contributed by atoms with Crippen molar-refractivity contribution in [1.29, 1.82) is 0 Å². The van der Waals surface area contributed by atoms with Gasteiger partial charge in [0.25, 0.3) is 0 Å². The average molecular weight is 145 g/mol. The lowest BCUT2D eigenvalue weighted by molar-refractivity contribution is 1.15. The minimum Gasteiger partial charge on any atom is -0.321 e. The van der Waals surface area contributed by atoms with Crippen LogP contribution in [0, 0.1) is 0 Å². The van der Waals surface area contributed by atoms with Gasteiger partial charge in [-0.15, -0.1) is 0 Å². The first-order chi connectivity index (χ1) is 4.33. The molecule has 48 valence electrons. The van der Waals surface area contributed by atoms with Crippen molar-refractivity contribution in [2.75, 3.05) is 5.43 Å². The summed E-state index contributed by atoms with van der Waals surface area (Å²) in [6, 6.07) is 0. The third kappa shape index (κ3) is 1.51. The van der Waals surface area contributed by atoms with E-state index in [-0.39, 0.29) is 5.28 Å². The quantitative estimate of drug-likeness (QED) is 0.341. The summed E-state index contributed by atoms with van der Waals surface area (Å²) in [7, 11) is 0. The summed E-state index contributed by atoms with van der Waals surface area (Å²) in [4.78, 5) is 7.32. The molecule has 0 fully saturated rings. The number of nitrogens with one attached hydrogen (secondary N) is 1. The van der Waals surface area contributed by atoms with Gasteiger partial charge in [0, 0.05) is 0 Å². The number of rotatable bonds is 1. The highest BCUT2D eigenvalue weighted by Gasteiger charge is 1.88. The fourth-order valence-corrected chi connectivity index (χ4v) is 0.484. The summed E-state index contributed by atoms with van der Waals surface area (Å²) >= 11 is 5.38. The lowest BCUT2D eigenvalue weighted by Gasteiger charge is -1.94. The van der Waals surface area contributed by atoms with Crippen molar-refractivity contribution in [1.82, 2.24) is 9.97 Å². The maximum atomic E-state index is 5.38. The largest absolute Gasteiger partial charge is 0.321 e. The number of anilines is 1. The molecule has 0 saturated carbocycles. The number of halogens is 1. The molecule has 0 unspecified atom stereocenters. The Morgan fingerprint density at radius 3 is 2.44 bits per heavy atom. The average Bonchev–Trinajstić information content (AvgIpc) is 1.90. The van der Waals surface area contributed by atoms with E-state index in [1.807, 2.05) is 0 Å². The molecule has 1 aromatic rings. The zero-order valence-electron chi connectivity index (χ0n) is 4.50. The highest BCUT2D eigenvalue weighted by molar-refractivity contribution is 6.28. The first-order valence-corrected chi connectivity index (χ1v) is 2.65. The van der Waals surface area contributed by atoms with Gasteiger partial charge < -0.3 is 5.43 Å². The molecule has 0 aliphatic rings. The first-order valence-electron chi connectivity index (χ1n) is 2.27. The SMILES string of the molecule is NNc1cnc(Cl)nc1. The van der Waals surface area contributed by atoms with Crippen LogP contribution in [0.25, 0.3) is 0 Å².